The van der Waals surface area contributed by atoms with Crippen molar-refractivity contribution in [1.82, 2.24) is 0 Å². The monoisotopic (exact) mass is 443 g/mol. The highest BCUT2D eigenvalue weighted by molar-refractivity contribution is 7.85. The first kappa shape index (κ1) is 20.1. The van der Waals surface area contributed by atoms with E-state index in [4.69, 9.17) is 0 Å². The van der Waals surface area contributed by atoms with Crippen LogP contribution >= 0.6 is 0 Å². The van der Waals surface area contributed by atoms with Crippen molar-refractivity contribution in [2.75, 3.05) is 4.90 Å². The predicted molar refractivity (Wildman–Crippen MR) is 105 cm³/mol. The number of nitro benzene ring substituents is 2. The fraction of sp³-hybridized carbons (Fsp3) is 0. The molecule has 0 spiro atoms. The van der Waals surface area contributed by atoms with Crippen LogP contribution in [-0.4, -0.2) is 34.6 Å². The van der Waals surface area contributed by atoms with Gasteiger partial charge in [-0.05, 0) is 23.6 Å². The van der Waals surface area contributed by atoms with Crippen LogP contribution < -0.4 is 4.90 Å². The lowest BCUT2D eigenvalue weighted by Crippen LogP contribution is -2.40. The number of nitrogens with zero attached hydrogens (tertiary/aromatic N) is 3. The molecular formula is C18H9N3O9S. The molecule has 2 amide bonds. The Bertz CT molecular complexity index is 1390. The van der Waals surface area contributed by atoms with E-state index in [1.54, 1.807) is 0 Å². The van der Waals surface area contributed by atoms with Crippen molar-refractivity contribution in [2.45, 2.75) is 4.90 Å². The smallest absolute Gasteiger partial charge is 0.282 e. The Morgan fingerprint density at radius 2 is 1.35 bits per heavy atom. The van der Waals surface area contributed by atoms with Gasteiger partial charge in [-0.25, -0.2) is 4.90 Å². The van der Waals surface area contributed by atoms with Crippen LogP contribution in [-0.2, 0) is 10.1 Å². The van der Waals surface area contributed by atoms with Crippen LogP contribution in [0.4, 0.5) is 17.1 Å². The highest BCUT2D eigenvalue weighted by Crippen LogP contribution is 2.38. The molecule has 0 fully saturated rings. The van der Waals surface area contributed by atoms with E-state index in [2.05, 4.69) is 0 Å². The molecule has 0 radical (unpaired) electrons. The minimum absolute atomic E-state index is 0.00776. The summed E-state index contributed by atoms with van der Waals surface area (Å²) in [5, 5.41) is 22.6. The molecule has 0 aliphatic carbocycles. The fourth-order valence-electron chi connectivity index (χ4n) is 3.38. The van der Waals surface area contributed by atoms with E-state index >= 15 is 0 Å². The highest BCUT2D eigenvalue weighted by Gasteiger charge is 2.37. The third-order valence-corrected chi connectivity index (χ3v) is 5.53. The van der Waals surface area contributed by atoms with Crippen molar-refractivity contribution in [1.29, 1.82) is 0 Å². The Morgan fingerprint density at radius 3 is 1.81 bits per heavy atom. The molecule has 1 aliphatic heterocycles. The molecule has 0 unspecified atom stereocenters. The summed E-state index contributed by atoms with van der Waals surface area (Å²) in [7, 11) is -4.66. The van der Waals surface area contributed by atoms with E-state index in [1.807, 2.05) is 0 Å². The van der Waals surface area contributed by atoms with E-state index in [9.17, 15) is 42.8 Å². The number of rotatable bonds is 4. The van der Waals surface area contributed by atoms with Crippen molar-refractivity contribution < 1.29 is 32.4 Å². The molecule has 4 rings (SSSR count). The maximum atomic E-state index is 13.1. The van der Waals surface area contributed by atoms with Crippen LogP contribution in [0.5, 0.6) is 0 Å². The van der Waals surface area contributed by atoms with Gasteiger partial charge in [0.2, 0.25) is 0 Å². The van der Waals surface area contributed by atoms with Crippen molar-refractivity contribution in [3.63, 3.8) is 0 Å². The average molecular weight is 443 g/mol. The van der Waals surface area contributed by atoms with Gasteiger partial charge >= 0.3 is 0 Å². The molecule has 12 nitrogen and oxygen atoms in total. The number of carbonyl (C=O) groups is 2. The first-order valence-corrected chi connectivity index (χ1v) is 9.80. The summed E-state index contributed by atoms with van der Waals surface area (Å²) < 4.78 is 32.1. The predicted octanol–water partition coefficient (Wildman–Crippen LogP) is 2.70. The maximum Gasteiger partial charge on any atom is 0.294 e. The quantitative estimate of drug-likeness (QED) is 0.275. The molecule has 13 heteroatoms. The standard InChI is InChI=1S/C18H9N3O9S/c22-17-14-7-11(20(24)25)4-9-5-12(21(26)27)8-15(16(9)14)18(23)19(17)10-2-1-3-13(6-10)31(28,29)30/h1-8H,(H,28,29,30). The summed E-state index contributed by atoms with van der Waals surface area (Å²) >= 11 is 0. The molecule has 3 aromatic carbocycles. The number of amides is 2. The van der Waals surface area contributed by atoms with E-state index in [0.717, 1.165) is 36.4 Å². The lowest BCUT2D eigenvalue weighted by molar-refractivity contribution is -0.385. The van der Waals surface area contributed by atoms with Crippen molar-refractivity contribution in [3.8, 4) is 0 Å². The summed E-state index contributed by atoms with van der Waals surface area (Å²) in [5.74, 6) is -1.99. The van der Waals surface area contributed by atoms with Gasteiger partial charge in [0, 0.05) is 29.7 Å². The van der Waals surface area contributed by atoms with Crippen LogP contribution in [0.25, 0.3) is 10.8 Å². The van der Waals surface area contributed by atoms with Gasteiger partial charge in [-0.15, -0.1) is 0 Å². The molecule has 0 atom stereocenters. The van der Waals surface area contributed by atoms with Crippen molar-refractivity contribution in [3.05, 3.63) is 79.9 Å². The molecular weight excluding hydrogens is 434 g/mol. The summed E-state index contributed by atoms with van der Waals surface area (Å²) in [5.41, 5.74) is -1.81. The first-order chi connectivity index (χ1) is 14.5. The maximum absolute atomic E-state index is 13.1. The second-order valence-corrected chi connectivity index (χ2v) is 7.94. The Labute approximate surface area is 172 Å². The van der Waals surface area contributed by atoms with Gasteiger partial charge in [-0.3, -0.25) is 34.4 Å². The van der Waals surface area contributed by atoms with Gasteiger partial charge < -0.3 is 0 Å². The zero-order valence-corrected chi connectivity index (χ0v) is 15.9. The third kappa shape index (κ3) is 3.17. The van der Waals surface area contributed by atoms with Crippen LogP contribution in [0.2, 0.25) is 0 Å². The number of anilines is 1. The van der Waals surface area contributed by atoms with Crippen LogP contribution in [0, 0.1) is 20.2 Å². The normalized spacial score (nSPS) is 13.5. The average Bonchev–Trinajstić information content (AvgIpc) is 2.70. The molecule has 156 valence electrons. The lowest BCUT2D eigenvalue weighted by atomic mass is 9.92. The summed E-state index contributed by atoms with van der Waals surface area (Å²) in [4.78, 5) is 47.2. The number of imide groups is 1. The SMILES string of the molecule is O=C1c2cc([N+](=O)[O-])cc3cc([N+](=O)[O-])cc(c23)C(=O)N1c1cccc(S(=O)(=O)O)c1. The number of non-ortho nitro benzene ring substituents is 2. The molecule has 1 aliphatic rings. The molecule has 1 N–H and O–H groups in total. The molecule has 0 saturated carbocycles. The number of carbonyl (C=O) groups excluding carboxylic acids is 2. The van der Waals surface area contributed by atoms with Gasteiger partial charge in [-0.2, -0.15) is 8.42 Å². The van der Waals surface area contributed by atoms with Crippen LogP contribution in [0.1, 0.15) is 20.7 Å². The van der Waals surface area contributed by atoms with E-state index in [1.165, 1.54) is 12.1 Å². The second kappa shape index (κ2) is 6.65. The minimum atomic E-state index is -4.66. The second-order valence-electron chi connectivity index (χ2n) is 6.52. The first-order valence-electron chi connectivity index (χ1n) is 8.36. The molecule has 3 aromatic rings. The zero-order chi connectivity index (χ0) is 22.7. The summed E-state index contributed by atoms with van der Waals surface area (Å²) in [6.45, 7) is 0. The number of hydrogen-bond donors (Lipinski definition) is 1. The highest BCUT2D eigenvalue weighted by atomic mass is 32.2. The van der Waals surface area contributed by atoms with Crippen LogP contribution in [0.15, 0.2) is 53.4 Å². The zero-order valence-electron chi connectivity index (χ0n) is 15.1. The van der Waals surface area contributed by atoms with Crippen LogP contribution in [0.3, 0.4) is 0 Å². The topological polar surface area (TPSA) is 178 Å². The summed E-state index contributed by atoms with van der Waals surface area (Å²) in [6.07, 6.45) is 0. The molecule has 0 bridgehead atoms. The Morgan fingerprint density at radius 1 is 0.839 bits per heavy atom. The van der Waals surface area contributed by atoms with Gasteiger partial charge in [0.25, 0.3) is 33.3 Å². The van der Waals surface area contributed by atoms with E-state index in [-0.39, 0.29) is 27.6 Å². The fourth-order valence-corrected chi connectivity index (χ4v) is 3.90. The third-order valence-electron chi connectivity index (χ3n) is 4.68. The Kier molecular flexibility index (Phi) is 4.30. The molecule has 0 aromatic heterocycles. The Balaban J connectivity index is 2.03. The molecule has 0 saturated heterocycles. The van der Waals surface area contributed by atoms with E-state index in [0.29, 0.717) is 4.90 Å². The van der Waals surface area contributed by atoms with Gasteiger partial charge in [-0.1, -0.05) is 6.07 Å². The van der Waals surface area contributed by atoms with Gasteiger partial charge in [0.15, 0.2) is 0 Å². The number of hydrogen-bond acceptors (Lipinski definition) is 8. The van der Waals surface area contributed by atoms with E-state index < -0.39 is 48.0 Å². The largest absolute Gasteiger partial charge is 0.294 e. The summed E-state index contributed by atoms with van der Waals surface area (Å²) in [6, 6.07) is 8.18. The number of benzene rings is 3. The molecule has 31 heavy (non-hydrogen) atoms. The van der Waals surface area contributed by atoms with Crippen molar-refractivity contribution >= 4 is 49.8 Å². The van der Waals surface area contributed by atoms with Crippen molar-refractivity contribution in [2.24, 2.45) is 0 Å². The lowest BCUT2D eigenvalue weighted by Gasteiger charge is -2.27. The minimum Gasteiger partial charge on any atom is -0.282 e. The number of nitro groups is 2. The Hall–Kier alpha value is -4.23. The van der Waals surface area contributed by atoms with Gasteiger partial charge in [0.05, 0.1) is 31.6 Å². The van der Waals surface area contributed by atoms with Gasteiger partial charge in [0.1, 0.15) is 0 Å². The molecule has 1 heterocycles.